The fourth-order valence-corrected chi connectivity index (χ4v) is 4.48. The maximum absolute atomic E-state index is 13.4. The monoisotopic (exact) mass is 499 g/mol. The van der Waals surface area contributed by atoms with Crippen LogP contribution in [0.15, 0.2) is 18.2 Å². The lowest BCUT2D eigenvalue weighted by molar-refractivity contribution is -0.145. The predicted octanol–water partition coefficient (Wildman–Crippen LogP) is 3.61. The zero-order valence-electron chi connectivity index (χ0n) is 20.3. The second kappa shape index (κ2) is 14.1. The molecule has 1 aliphatic rings. The van der Waals surface area contributed by atoms with E-state index < -0.39 is 40.9 Å². The summed E-state index contributed by atoms with van der Waals surface area (Å²) in [6.07, 6.45) is 3.05. The van der Waals surface area contributed by atoms with E-state index in [9.17, 15) is 28.3 Å². The molecular weight excluding hydrogens is 464 g/mol. The van der Waals surface area contributed by atoms with Gasteiger partial charge in [0.15, 0.2) is 11.6 Å². The van der Waals surface area contributed by atoms with Gasteiger partial charge in [-0.2, -0.15) is 0 Å². The van der Waals surface area contributed by atoms with Crippen molar-refractivity contribution in [3.63, 3.8) is 0 Å². The minimum absolute atomic E-state index is 0.0460. The first kappa shape index (κ1) is 28.6. The summed E-state index contributed by atoms with van der Waals surface area (Å²) in [5, 5.41) is 12.5. The normalized spacial score (nSPS) is 16.5. The molecule has 2 N–H and O–H groups in total. The average Bonchev–Trinajstić information content (AvgIpc) is 3.29. The van der Waals surface area contributed by atoms with Gasteiger partial charge in [-0.25, -0.2) is 8.78 Å². The van der Waals surface area contributed by atoms with Gasteiger partial charge in [-0.05, 0) is 50.3 Å². The average molecular weight is 500 g/mol. The molecule has 35 heavy (non-hydrogen) atoms. The van der Waals surface area contributed by atoms with Crippen LogP contribution in [-0.4, -0.2) is 55.9 Å². The Hall–Kier alpha value is -2.59. The number of hydrogen-bond acceptors (Lipinski definition) is 6. The van der Waals surface area contributed by atoms with E-state index in [0.29, 0.717) is 24.8 Å². The second-order valence-corrected chi connectivity index (χ2v) is 8.95. The first-order chi connectivity index (χ1) is 16.7. The number of carbonyl (C=O) groups excluding carboxylic acids is 2. The fraction of sp³-hybridized carbons (Fsp3) is 0.640. The molecular formula is C25H35F2NO7. The van der Waals surface area contributed by atoms with Crippen LogP contribution in [-0.2, 0) is 35.2 Å². The number of methoxy groups -OCH3 is 1. The summed E-state index contributed by atoms with van der Waals surface area (Å²) < 4.78 is 42.2. The van der Waals surface area contributed by atoms with Gasteiger partial charge in [0.25, 0.3) is 0 Å². The summed E-state index contributed by atoms with van der Waals surface area (Å²) in [7, 11) is 1.50. The number of hydrogen-bond donors (Lipinski definition) is 2. The highest BCUT2D eigenvalue weighted by molar-refractivity contribution is 5.84. The van der Waals surface area contributed by atoms with Crippen LogP contribution in [0.1, 0.15) is 57.4 Å². The molecule has 1 aromatic rings. The van der Waals surface area contributed by atoms with E-state index >= 15 is 0 Å². The summed E-state index contributed by atoms with van der Waals surface area (Å²) in [5.74, 6) is -4.49. The van der Waals surface area contributed by atoms with E-state index in [1.807, 2.05) is 0 Å². The van der Waals surface area contributed by atoms with Gasteiger partial charge >= 0.3 is 11.9 Å². The third-order valence-corrected chi connectivity index (χ3v) is 6.32. The topological polar surface area (TPSA) is 111 Å². The fourth-order valence-electron chi connectivity index (χ4n) is 4.48. The zero-order valence-corrected chi connectivity index (χ0v) is 20.3. The Balaban J connectivity index is 2.09. The molecule has 0 aliphatic heterocycles. The van der Waals surface area contributed by atoms with Crippen molar-refractivity contribution in [1.29, 1.82) is 0 Å². The number of halogens is 2. The van der Waals surface area contributed by atoms with Crippen molar-refractivity contribution in [2.75, 3.05) is 26.9 Å². The van der Waals surface area contributed by atoms with Gasteiger partial charge in [-0.3, -0.25) is 14.4 Å². The predicted molar refractivity (Wildman–Crippen MR) is 122 cm³/mol. The van der Waals surface area contributed by atoms with Gasteiger partial charge in [0.05, 0.1) is 43.6 Å². The SMILES string of the molecule is CCOC(=O)C[C@@H](COCc1ccc(F)c(F)c1)NC(=O)C1(C[C@@H](CCOC)C(=O)O)CCCC1. The van der Waals surface area contributed by atoms with Crippen LogP contribution in [0.5, 0.6) is 0 Å². The molecule has 2 atom stereocenters. The van der Waals surface area contributed by atoms with Crippen molar-refractivity contribution >= 4 is 17.8 Å². The number of nitrogens with one attached hydrogen (secondary N) is 1. The number of carbonyl (C=O) groups is 3. The Morgan fingerprint density at radius 1 is 1.17 bits per heavy atom. The zero-order chi connectivity index (χ0) is 25.8. The minimum atomic E-state index is -0.993. The quantitative estimate of drug-likeness (QED) is 0.355. The first-order valence-electron chi connectivity index (χ1n) is 11.9. The van der Waals surface area contributed by atoms with Crippen LogP contribution < -0.4 is 5.32 Å². The summed E-state index contributed by atoms with van der Waals surface area (Å²) in [5.41, 5.74) is -0.455. The molecule has 1 saturated carbocycles. The minimum Gasteiger partial charge on any atom is -0.481 e. The lowest BCUT2D eigenvalue weighted by Crippen LogP contribution is -2.48. The Bertz CT molecular complexity index is 858. The van der Waals surface area contributed by atoms with E-state index in [4.69, 9.17) is 14.2 Å². The van der Waals surface area contributed by atoms with Gasteiger partial charge in [0.2, 0.25) is 5.91 Å². The molecule has 0 bridgehead atoms. The van der Waals surface area contributed by atoms with Gasteiger partial charge in [0, 0.05) is 13.7 Å². The van der Waals surface area contributed by atoms with Crippen molar-refractivity contribution in [3.8, 4) is 0 Å². The van der Waals surface area contributed by atoms with E-state index in [-0.39, 0.29) is 45.2 Å². The highest BCUT2D eigenvalue weighted by atomic mass is 19.2. The largest absolute Gasteiger partial charge is 0.481 e. The molecule has 1 amide bonds. The van der Waals surface area contributed by atoms with Gasteiger partial charge < -0.3 is 24.6 Å². The van der Waals surface area contributed by atoms with Crippen LogP contribution in [0.25, 0.3) is 0 Å². The van der Waals surface area contributed by atoms with Gasteiger partial charge in [-0.15, -0.1) is 0 Å². The number of carboxylic acid groups (broad SMARTS) is 1. The van der Waals surface area contributed by atoms with Crippen LogP contribution in [0.4, 0.5) is 8.78 Å². The molecule has 0 spiro atoms. The maximum Gasteiger partial charge on any atom is 0.307 e. The summed E-state index contributed by atoms with van der Waals surface area (Å²) >= 11 is 0. The summed E-state index contributed by atoms with van der Waals surface area (Å²) in [4.78, 5) is 37.4. The van der Waals surface area contributed by atoms with E-state index in [1.54, 1.807) is 6.92 Å². The van der Waals surface area contributed by atoms with E-state index in [2.05, 4.69) is 5.32 Å². The van der Waals surface area contributed by atoms with E-state index in [0.717, 1.165) is 25.0 Å². The van der Waals surface area contributed by atoms with Crippen LogP contribution in [0.2, 0.25) is 0 Å². The second-order valence-electron chi connectivity index (χ2n) is 8.95. The molecule has 10 heteroatoms. The highest BCUT2D eigenvalue weighted by Crippen LogP contribution is 2.44. The maximum atomic E-state index is 13.4. The molecule has 196 valence electrons. The molecule has 0 aromatic heterocycles. The Labute approximate surface area is 204 Å². The lowest BCUT2D eigenvalue weighted by atomic mass is 9.75. The molecule has 1 aliphatic carbocycles. The third-order valence-electron chi connectivity index (χ3n) is 6.32. The third kappa shape index (κ3) is 8.85. The van der Waals surface area contributed by atoms with Crippen LogP contribution in [0.3, 0.4) is 0 Å². The van der Waals surface area contributed by atoms with Crippen molar-refractivity contribution in [2.24, 2.45) is 11.3 Å². The Morgan fingerprint density at radius 2 is 1.89 bits per heavy atom. The molecule has 1 aromatic carbocycles. The molecule has 1 fully saturated rings. The molecule has 0 unspecified atom stereocenters. The smallest absolute Gasteiger partial charge is 0.307 e. The van der Waals surface area contributed by atoms with Crippen molar-refractivity contribution < 1.29 is 42.5 Å². The van der Waals surface area contributed by atoms with Crippen LogP contribution in [0, 0.1) is 23.0 Å². The highest BCUT2D eigenvalue weighted by Gasteiger charge is 2.44. The van der Waals surface area contributed by atoms with Crippen LogP contribution >= 0.6 is 0 Å². The first-order valence-corrected chi connectivity index (χ1v) is 11.9. The molecule has 2 rings (SSSR count). The number of esters is 1. The van der Waals surface area contributed by atoms with Crippen molar-refractivity contribution in [1.82, 2.24) is 5.32 Å². The van der Waals surface area contributed by atoms with Gasteiger partial charge in [-0.1, -0.05) is 18.9 Å². The standard InChI is InChI=1S/C25H35F2NO7/c1-3-35-22(29)13-19(16-34-15-17-6-7-20(26)21(27)12-17)28-24(32)25(9-4-5-10-25)14-18(23(30)31)8-11-33-2/h6-7,12,18-19H,3-5,8-11,13-16H2,1-2H3,(H,28,32)(H,30,31)/t18-,19+/m1/s1. The lowest BCUT2D eigenvalue weighted by Gasteiger charge is -2.32. The number of carboxylic acids is 1. The van der Waals surface area contributed by atoms with Crippen molar-refractivity contribution in [3.05, 3.63) is 35.4 Å². The number of amides is 1. The number of rotatable bonds is 15. The number of aliphatic carboxylic acids is 1. The summed E-state index contributed by atoms with van der Waals surface area (Å²) in [6.45, 7) is 2.02. The molecule has 0 heterocycles. The Kier molecular flexibility index (Phi) is 11.5. The molecule has 8 nitrogen and oxygen atoms in total. The Morgan fingerprint density at radius 3 is 2.49 bits per heavy atom. The van der Waals surface area contributed by atoms with Crippen molar-refractivity contribution in [2.45, 2.75) is 64.5 Å². The van der Waals surface area contributed by atoms with Gasteiger partial charge in [0.1, 0.15) is 0 Å². The molecule has 0 radical (unpaired) electrons. The number of ether oxygens (including phenoxy) is 3. The number of benzene rings is 1. The molecule has 0 saturated heterocycles. The van der Waals surface area contributed by atoms with E-state index in [1.165, 1.54) is 13.2 Å². The summed E-state index contributed by atoms with van der Waals surface area (Å²) in [6, 6.07) is 2.68.